The molecule has 2 aliphatic carbocycles. The Hall–Kier alpha value is -0.120. The van der Waals surface area contributed by atoms with Crippen molar-refractivity contribution < 1.29 is 5.11 Å². The lowest BCUT2D eigenvalue weighted by Gasteiger charge is -2.36. The Kier molecular flexibility index (Phi) is 3.88. The Balaban J connectivity index is 1.75. The molecule has 2 fully saturated rings. The predicted octanol–water partition coefficient (Wildman–Crippen LogP) is 1.40. The molecule has 0 radical (unpaired) electrons. The average Bonchev–Trinajstić information content (AvgIpc) is 2.61. The quantitative estimate of drug-likeness (QED) is 0.682. The van der Waals surface area contributed by atoms with E-state index in [1.807, 2.05) is 0 Å². The summed E-state index contributed by atoms with van der Waals surface area (Å²) in [5.41, 5.74) is 5.43. The van der Waals surface area contributed by atoms with Gasteiger partial charge in [0.15, 0.2) is 0 Å². The van der Waals surface area contributed by atoms with Crippen LogP contribution in [0.4, 0.5) is 0 Å². The van der Waals surface area contributed by atoms with Crippen LogP contribution in [-0.4, -0.2) is 29.3 Å². The van der Waals surface area contributed by atoms with Crippen LogP contribution in [0.5, 0.6) is 0 Å². The zero-order valence-electron chi connectivity index (χ0n) is 10.4. The van der Waals surface area contributed by atoms with E-state index in [1.54, 1.807) is 0 Å². The highest BCUT2D eigenvalue weighted by Gasteiger charge is 2.33. The molecule has 0 heterocycles. The molecule has 16 heavy (non-hydrogen) atoms. The first-order valence-electron chi connectivity index (χ1n) is 6.79. The summed E-state index contributed by atoms with van der Waals surface area (Å²) in [5, 5.41) is 14.0. The fourth-order valence-electron chi connectivity index (χ4n) is 3.33. The Bertz CT molecular complexity index is 234. The molecule has 0 spiro atoms. The maximum Gasteiger partial charge on any atom is 0.0774 e. The van der Waals surface area contributed by atoms with Gasteiger partial charge in [0, 0.05) is 18.6 Å². The van der Waals surface area contributed by atoms with Gasteiger partial charge in [-0.25, -0.2) is 0 Å². The minimum absolute atomic E-state index is 0.373. The van der Waals surface area contributed by atoms with E-state index >= 15 is 0 Å². The summed E-state index contributed by atoms with van der Waals surface area (Å²) in [5.74, 6) is 0.673. The molecular formula is C13H26N2O. The number of hydrogen-bond acceptors (Lipinski definition) is 3. The molecule has 0 amide bonds. The van der Waals surface area contributed by atoms with Crippen LogP contribution in [0.1, 0.15) is 51.9 Å². The Labute approximate surface area is 98.8 Å². The molecule has 0 aromatic heterocycles. The summed E-state index contributed by atoms with van der Waals surface area (Å²) in [4.78, 5) is 0. The Morgan fingerprint density at radius 1 is 1.38 bits per heavy atom. The van der Waals surface area contributed by atoms with Crippen molar-refractivity contribution in [2.75, 3.05) is 6.54 Å². The highest BCUT2D eigenvalue weighted by molar-refractivity contribution is 4.90. The zero-order chi connectivity index (χ0) is 11.6. The maximum atomic E-state index is 10.5. The van der Waals surface area contributed by atoms with E-state index in [2.05, 4.69) is 12.2 Å². The van der Waals surface area contributed by atoms with Gasteiger partial charge in [0.25, 0.3) is 0 Å². The summed E-state index contributed by atoms with van der Waals surface area (Å²) in [6.07, 6.45) is 7.74. The molecule has 0 aromatic carbocycles. The smallest absolute Gasteiger partial charge is 0.0774 e. The van der Waals surface area contributed by atoms with Crippen molar-refractivity contribution in [3.63, 3.8) is 0 Å². The summed E-state index contributed by atoms with van der Waals surface area (Å²) in [7, 11) is 0. The molecule has 4 atom stereocenters. The first-order valence-corrected chi connectivity index (χ1v) is 6.79. The van der Waals surface area contributed by atoms with Gasteiger partial charge in [-0.15, -0.1) is 0 Å². The third-order valence-corrected chi connectivity index (χ3v) is 4.26. The van der Waals surface area contributed by atoms with Crippen LogP contribution >= 0.6 is 0 Å². The van der Waals surface area contributed by atoms with Crippen molar-refractivity contribution >= 4 is 0 Å². The third kappa shape index (κ3) is 3.19. The number of hydrogen-bond donors (Lipinski definition) is 3. The molecule has 4 unspecified atom stereocenters. The van der Waals surface area contributed by atoms with E-state index in [-0.39, 0.29) is 0 Å². The summed E-state index contributed by atoms with van der Waals surface area (Å²) < 4.78 is 0. The van der Waals surface area contributed by atoms with Crippen LogP contribution in [0.25, 0.3) is 0 Å². The monoisotopic (exact) mass is 226 g/mol. The van der Waals surface area contributed by atoms with E-state index in [9.17, 15) is 5.11 Å². The van der Waals surface area contributed by atoms with E-state index in [0.717, 1.165) is 32.2 Å². The van der Waals surface area contributed by atoms with E-state index < -0.39 is 5.60 Å². The topological polar surface area (TPSA) is 58.3 Å². The predicted molar refractivity (Wildman–Crippen MR) is 66.2 cm³/mol. The van der Waals surface area contributed by atoms with Crippen LogP contribution in [-0.2, 0) is 0 Å². The minimum Gasteiger partial charge on any atom is -0.389 e. The molecule has 3 heteroatoms. The fourth-order valence-corrected chi connectivity index (χ4v) is 3.33. The second-order valence-electron chi connectivity index (χ2n) is 6.08. The molecule has 0 aromatic rings. The molecule has 2 aliphatic rings. The van der Waals surface area contributed by atoms with Crippen LogP contribution in [0.3, 0.4) is 0 Å². The number of nitrogens with one attached hydrogen (secondary N) is 1. The van der Waals surface area contributed by atoms with Crippen molar-refractivity contribution in [2.45, 2.75) is 69.6 Å². The highest BCUT2D eigenvalue weighted by atomic mass is 16.3. The van der Waals surface area contributed by atoms with Crippen molar-refractivity contribution in [2.24, 2.45) is 11.7 Å². The van der Waals surface area contributed by atoms with Crippen molar-refractivity contribution in [1.29, 1.82) is 0 Å². The van der Waals surface area contributed by atoms with Crippen molar-refractivity contribution in [3.8, 4) is 0 Å². The van der Waals surface area contributed by atoms with Gasteiger partial charge in [0.2, 0.25) is 0 Å². The lowest BCUT2D eigenvalue weighted by atomic mass is 9.79. The highest BCUT2D eigenvalue weighted by Crippen LogP contribution is 2.32. The average molecular weight is 226 g/mol. The van der Waals surface area contributed by atoms with E-state index in [4.69, 9.17) is 5.73 Å². The molecule has 4 N–H and O–H groups in total. The molecule has 0 aliphatic heterocycles. The lowest BCUT2D eigenvalue weighted by Crippen LogP contribution is -2.46. The van der Waals surface area contributed by atoms with Crippen LogP contribution in [0.2, 0.25) is 0 Å². The van der Waals surface area contributed by atoms with Gasteiger partial charge in [-0.1, -0.05) is 19.8 Å². The van der Waals surface area contributed by atoms with Gasteiger partial charge in [-0.2, -0.15) is 0 Å². The largest absolute Gasteiger partial charge is 0.389 e. The van der Waals surface area contributed by atoms with E-state index in [1.165, 1.54) is 19.3 Å². The van der Waals surface area contributed by atoms with Crippen LogP contribution < -0.4 is 11.1 Å². The van der Waals surface area contributed by atoms with Crippen LogP contribution in [0.15, 0.2) is 0 Å². The maximum absolute atomic E-state index is 10.5. The van der Waals surface area contributed by atoms with E-state index in [0.29, 0.717) is 18.0 Å². The number of aliphatic hydroxyl groups is 1. The Morgan fingerprint density at radius 3 is 2.81 bits per heavy atom. The molecular weight excluding hydrogens is 200 g/mol. The minimum atomic E-state index is -0.454. The number of rotatable bonds is 3. The first-order chi connectivity index (χ1) is 7.57. The molecule has 2 rings (SSSR count). The van der Waals surface area contributed by atoms with Gasteiger partial charge in [-0.3, -0.25) is 0 Å². The van der Waals surface area contributed by atoms with Gasteiger partial charge in [0.05, 0.1) is 5.60 Å². The fraction of sp³-hybridized carbons (Fsp3) is 1.00. The van der Waals surface area contributed by atoms with Gasteiger partial charge >= 0.3 is 0 Å². The summed E-state index contributed by atoms with van der Waals surface area (Å²) >= 11 is 0. The Morgan fingerprint density at radius 2 is 2.19 bits per heavy atom. The molecule has 0 bridgehead atoms. The second-order valence-corrected chi connectivity index (χ2v) is 6.08. The molecule has 3 nitrogen and oxygen atoms in total. The zero-order valence-corrected chi connectivity index (χ0v) is 10.4. The lowest BCUT2D eigenvalue weighted by molar-refractivity contribution is -0.0136. The molecule has 2 saturated carbocycles. The SMILES string of the molecule is CC1CCCC(O)(CNC2CCC(N)C2)C1. The number of nitrogens with two attached hydrogens (primary N) is 1. The van der Waals surface area contributed by atoms with Crippen molar-refractivity contribution in [1.82, 2.24) is 5.32 Å². The van der Waals surface area contributed by atoms with Crippen LogP contribution in [0, 0.1) is 5.92 Å². The second kappa shape index (κ2) is 5.03. The third-order valence-electron chi connectivity index (χ3n) is 4.26. The van der Waals surface area contributed by atoms with Gasteiger partial charge in [0.1, 0.15) is 0 Å². The molecule has 94 valence electrons. The van der Waals surface area contributed by atoms with Crippen molar-refractivity contribution in [3.05, 3.63) is 0 Å². The van der Waals surface area contributed by atoms with Gasteiger partial charge in [-0.05, 0) is 38.0 Å². The summed E-state index contributed by atoms with van der Waals surface area (Å²) in [6, 6.07) is 0.911. The first kappa shape index (κ1) is 12.3. The molecule has 0 saturated heterocycles. The normalized spacial score (nSPS) is 44.8. The standard InChI is InChI=1S/C13H26N2O/c1-10-3-2-6-13(16,8-10)9-15-12-5-4-11(14)7-12/h10-12,15-16H,2-9,14H2,1H3. The summed E-state index contributed by atoms with van der Waals surface area (Å²) in [6.45, 7) is 3.00. The van der Waals surface area contributed by atoms with Gasteiger partial charge < -0.3 is 16.2 Å².